The van der Waals surface area contributed by atoms with E-state index in [1.54, 1.807) is 28.3 Å². The number of fused-ring (bicyclic) bond motifs is 1. The standard InChI is InChI=1S/C25H26FN5O2/c1-5-30-24-23(17(4)29-31(24)19-10-6-15(2)7-11-19)28-21(25(30)33)12-13-22(32)27-18-9-8-16(3)20(26)14-18/h6-11,14H,5,12-13H2,1-4H3,(H,27,32). The average molecular weight is 448 g/mol. The maximum atomic E-state index is 13.7. The molecule has 0 aliphatic rings. The second-order valence-electron chi connectivity index (χ2n) is 8.13. The van der Waals surface area contributed by atoms with Crippen LogP contribution in [0.2, 0.25) is 0 Å². The number of aromatic nitrogens is 4. The van der Waals surface area contributed by atoms with Gasteiger partial charge in [-0.3, -0.25) is 14.2 Å². The molecule has 2 aromatic heterocycles. The molecule has 0 fully saturated rings. The van der Waals surface area contributed by atoms with Gasteiger partial charge in [-0.2, -0.15) is 5.10 Å². The van der Waals surface area contributed by atoms with Crippen LogP contribution < -0.4 is 10.9 Å². The summed E-state index contributed by atoms with van der Waals surface area (Å²) in [6, 6.07) is 12.4. The molecule has 0 aliphatic carbocycles. The highest BCUT2D eigenvalue weighted by atomic mass is 19.1. The summed E-state index contributed by atoms with van der Waals surface area (Å²) in [5.41, 5.74) is 4.90. The van der Waals surface area contributed by atoms with Crippen molar-refractivity contribution < 1.29 is 9.18 Å². The second kappa shape index (κ2) is 8.97. The van der Waals surface area contributed by atoms with E-state index in [0.717, 1.165) is 11.3 Å². The molecule has 170 valence electrons. The minimum atomic E-state index is -0.383. The fourth-order valence-electron chi connectivity index (χ4n) is 3.76. The zero-order valence-electron chi connectivity index (χ0n) is 19.1. The van der Waals surface area contributed by atoms with Crippen molar-refractivity contribution in [3.63, 3.8) is 0 Å². The van der Waals surface area contributed by atoms with Gasteiger partial charge in [0.05, 0.1) is 11.4 Å². The van der Waals surface area contributed by atoms with E-state index in [2.05, 4.69) is 15.4 Å². The number of aryl methyl sites for hydroxylation is 5. The van der Waals surface area contributed by atoms with Gasteiger partial charge in [0, 0.05) is 25.1 Å². The summed E-state index contributed by atoms with van der Waals surface area (Å²) in [6.07, 6.45) is 0.224. The zero-order valence-corrected chi connectivity index (χ0v) is 19.1. The number of halogens is 1. The van der Waals surface area contributed by atoms with Crippen molar-refractivity contribution in [2.24, 2.45) is 0 Å². The van der Waals surface area contributed by atoms with Crippen LogP contribution in [0.25, 0.3) is 16.9 Å². The molecule has 0 saturated carbocycles. The van der Waals surface area contributed by atoms with Crippen LogP contribution in [-0.2, 0) is 17.8 Å². The van der Waals surface area contributed by atoms with Crippen LogP contribution in [-0.4, -0.2) is 25.2 Å². The molecule has 2 heterocycles. The van der Waals surface area contributed by atoms with Crippen LogP contribution in [0.5, 0.6) is 0 Å². The Bertz CT molecular complexity index is 1400. The molecule has 4 aromatic rings. The number of anilines is 1. The van der Waals surface area contributed by atoms with Gasteiger partial charge in [0.1, 0.15) is 17.0 Å². The molecule has 2 aromatic carbocycles. The number of carbonyl (C=O) groups excluding carboxylic acids is 1. The smallest absolute Gasteiger partial charge is 0.273 e. The van der Waals surface area contributed by atoms with E-state index in [9.17, 15) is 14.0 Å². The van der Waals surface area contributed by atoms with Crippen LogP contribution in [0.15, 0.2) is 47.3 Å². The number of carbonyl (C=O) groups is 1. The van der Waals surface area contributed by atoms with E-state index in [1.165, 1.54) is 6.07 Å². The highest BCUT2D eigenvalue weighted by Gasteiger charge is 2.19. The van der Waals surface area contributed by atoms with Crippen LogP contribution in [0.1, 0.15) is 35.9 Å². The van der Waals surface area contributed by atoms with Gasteiger partial charge in [-0.25, -0.2) is 14.1 Å². The average Bonchev–Trinajstić information content (AvgIpc) is 3.11. The van der Waals surface area contributed by atoms with Crippen molar-refractivity contribution >= 4 is 22.8 Å². The summed E-state index contributed by atoms with van der Waals surface area (Å²) < 4.78 is 17.1. The normalized spacial score (nSPS) is 11.2. The minimum absolute atomic E-state index is 0.0537. The Morgan fingerprint density at radius 2 is 1.82 bits per heavy atom. The van der Waals surface area contributed by atoms with Crippen LogP contribution in [0.4, 0.5) is 10.1 Å². The van der Waals surface area contributed by atoms with Gasteiger partial charge in [0.15, 0.2) is 5.65 Å². The van der Waals surface area contributed by atoms with Crippen molar-refractivity contribution in [1.29, 1.82) is 0 Å². The SMILES string of the molecule is CCn1c(=O)c(CCC(=O)Nc2ccc(C)c(F)c2)nc2c(C)nn(-c3ccc(C)cc3)c21. The molecular formula is C25H26FN5O2. The Balaban J connectivity index is 1.63. The third-order valence-electron chi connectivity index (χ3n) is 5.64. The van der Waals surface area contributed by atoms with Gasteiger partial charge < -0.3 is 5.32 Å². The van der Waals surface area contributed by atoms with E-state index >= 15 is 0 Å². The maximum absolute atomic E-state index is 13.7. The number of rotatable bonds is 6. The van der Waals surface area contributed by atoms with E-state index in [-0.39, 0.29) is 30.1 Å². The lowest BCUT2D eigenvalue weighted by Crippen LogP contribution is -2.27. The third kappa shape index (κ3) is 4.41. The molecule has 4 rings (SSSR count). The Hall–Kier alpha value is -3.81. The van der Waals surface area contributed by atoms with Crippen molar-refractivity contribution in [2.75, 3.05) is 5.32 Å². The van der Waals surface area contributed by atoms with Crippen LogP contribution in [0, 0.1) is 26.6 Å². The third-order valence-corrected chi connectivity index (χ3v) is 5.64. The first-order valence-corrected chi connectivity index (χ1v) is 10.9. The largest absolute Gasteiger partial charge is 0.326 e. The van der Waals surface area contributed by atoms with Gasteiger partial charge in [-0.1, -0.05) is 23.8 Å². The fourth-order valence-corrected chi connectivity index (χ4v) is 3.76. The Kier molecular flexibility index (Phi) is 6.09. The number of benzene rings is 2. The molecular weight excluding hydrogens is 421 g/mol. The number of hydrogen-bond acceptors (Lipinski definition) is 4. The predicted molar refractivity (Wildman–Crippen MR) is 126 cm³/mol. The number of nitrogens with one attached hydrogen (secondary N) is 1. The molecule has 33 heavy (non-hydrogen) atoms. The lowest BCUT2D eigenvalue weighted by molar-refractivity contribution is -0.116. The lowest BCUT2D eigenvalue weighted by atomic mass is 10.2. The Labute approximate surface area is 190 Å². The highest BCUT2D eigenvalue weighted by molar-refractivity contribution is 5.90. The topological polar surface area (TPSA) is 81.8 Å². The number of hydrogen-bond donors (Lipinski definition) is 1. The van der Waals surface area contributed by atoms with Crippen LogP contribution in [0.3, 0.4) is 0 Å². The van der Waals surface area contributed by atoms with Crippen molar-refractivity contribution in [3.8, 4) is 5.69 Å². The van der Waals surface area contributed by atoms with Gasteiger partial charge in [-0.15, -0.1) is 0 Å². The Morgan fingerprint density at radius 1 is 1.09 bits per heavy atom. The first-order chi connectivity index (χ1) is 15.8. The highest BCUT2D eigenvalue weighted by Crippen LogP contribution is 2.20. The monoisotopic (exact) mass is 447 g/mol. The first-order valence-electron chi connectivity index (χ1n) is 10.9. The van der Waals surface area contributed by atoms with Crippen molar-refractivity contribution in [1.82, 2.24) is 19.3 Å². The molecule has 0 aliphatic heterocycles. The zero-order chi connectivity index (χ0) is 23.7. The summed E-state index contributed by atoms with van der Waals surface area (Å²) in [4.78, 5) is 30.2. The van der Waals surface area contributed by atoms with Crippen molar-refractivity contribution in [3.05, 3.63) is 81.2 Å². The van der Waals surface area contributed by atoms with E-state index < -0.39 is 0 Å². The predicted octanol–water partition coefficient (Wildman–Crippen LogP) is 4.24. The van der Waals surface area contributed by atoms with E-state index in [4.69, 9.17) is 0 Å². The summed E-state index contributed by atoms with van der Waals surface area (Å²) in [5, 5.41) is 7.30. The summed E-state index contributed by atoms with van der Waals surface area (Å²) >= 11 is 0. The van der Waals surface area contributed by atoms with Gasteiger partial charge in [0.2, 0.25) is 5.91 Å². The molecule has 8 heteroatoms. The number of nitrogens with zero attached hydrogens (tertiary/aromatic N) is 4. The molecule has 1 N–H and O–H groups in total. The molecule has 1 amide bonds. The van der Waals surface area contributed by atoms with Gasteiger partial charge >= 0.3 is 0 Å². The quantitative estimate of drug-likeness (QED) is 0.479. The van der Waals surface area contributed by atoms with Crippen molar-refractivity contribution in [2.45, 2.75) is 47.1 Å². The summed E-state index contributed by atoms with van der Waals surface area (Å²) in [6.45, 7) is 7.86. The van der Waals surface area contributed by atoms with E-state index in [0.29, 0.717) is 40.3 Å². The Morgan fingerprint density at radius 3 is 2.48 bits per heavy atom. The van der Waals surface area contributed by atoms with Gasteiger partial charge in [-0.05, 0) is 57.5 Å². The lowest BCUT2D eigenvalue weighted by Gasteiger charge is -2.11. The summed E-state index contributed by atoms with van der Waals surface area (Å²) in [7, 11) is 0. The fraction of sp³-hybridized carbons (Fsp3) is 0.280. The minimum Gasteiger partial charge on any atom is -0.326 e. The van der Waals surface area contributed by atoms with Crippen LogP contribution >= 0.6 is 0 Å². The molecule has 0 bridgehead atoms. The molecule has 0 atom stereocenters. The second-order valence-corrected chi connectivity index (χ2v) is 8.13. The summed E-state index contributed by atoms with van der Waals surface area (Å²) in [5.74, 6) is -0.693. The van der Waals surface area contributed by atoms with E-state index in [1.807, 2.05) is 45.0 Å². The molecule has 0 spiro atoms. The maximum Gasteiger partial charge on any atom is 0.273 e. The number of amides is 1. The molecule has 7 nitrogen and oxygen atoms in total. The first kappa shape index (κ1) is 22.4. The molecule has 0 saturated heterocycles. The van der Waals surface area contributed by atoms with Gasteiger partial charge in [0.25, 0.3) is 5.56 Å². The molecule has 0 radical (unpaired) electrons. The molecule has 0 unspecified atom stereocenters.